The Kier molecular flexibility index (Phi) is 12.9. The van der Waals surface area contributed by atoms with Crippen LogP contribution in [-0.4, -0.2) is 33.4 Å². The quantitative estimate of drug-likeness (QED) is 0.158. The van der Waals surface area contributed by atoms with Gasteiger partial charge in [-0.3, -0.25) is 4.79 Å². The van der Waals surface area contributed by atoms with Crippen molar-refractivity contribution in [3.8, 4) is 0 Å². The van der Waals surface area contributed by atoms with Crippen LogP contribution in [0.5, 0.6) is 0 Å². The molecule has 0 aromatic carbocycles. The van der Waals surface area contributed by atoms with E-state index in [2.05, 4.69) is 66.9 Å². The molecular formula is C25H46O3Si. The Hall–Kier alpha value is -0.973. The van der Waals surface area contributed by atoms with E-state index in [9.17, 15) is 4.79 Å². The molecule has 0 aromatic rings. The second kappa shape index (κ2) is 13.4. The Balaban J connectivity index is 5.05. The van der Waals surface area contributed by atoms with Crippen molar-refractivity contribution >= 4 is 14.1 Å². The summed E-state index contributed by atoms with van der Waals surface area (Å²) in [6, 6.07) is 0. The highest BCUT2D eigenvalue weighted by Gasteiger charge is 2.41. The Bertz CT molecular complexity index is 543. The first-order valence-corrected chi connectivity index (χ1v) is 13.9. The van der Waals surface area contributed by atoms with Crippen LogP contribution in [0.3, 0.4) is 0 Å². The normalized spacial score (nSPS) is 16.2. The van der Waals surface area contributed by atoms with Gasteiger partial charge in [0.2, 0.25) is 0 Å². The van der Waals surface area contributed by atoms with E-state index in [0.29, 0.717) is 18.6 Å². The molecule has 0 aromatic heterocycles. The number of Topliss-reactive ketones (excluding diaryl/α,β-unsaturated/α-hetero) is 1. The van der Waals surface area contributed by atoms with Crippen LogP contribution < -0.4 is 0 Å². The summed E-state index contributed by atoms with van der Waals surface area (Å²) in [5.74, 6) is 0.527. The molecule has 0 heterocycles. The van der Waals surface area contributed by atoms with Gasteiger partial charge < -0.3 is 9.16 Å². The summed E-state index contributed by atoms with van der Waals surface area (Å²) >= 11 is 0. The van der Waals surface area contributed by atoms with Crippen molar-refractivity contribution in [3.63, 3.8) is 0 Å². The lowest BCUT2D eigenvalue weighted by molar-refractivity contribution is -0.119. The topological polar surface area (TPSA) is 35.5 Å². The van der Waals surface area contributed by atoms with E-state index < -0.39 is 8.32 Å². The molecule has 0 spiro atoms. The Morgan fingerprint density at radius 2 is 1.72 bits per heavy atom. The molecule has 0 aliphatic carbocycles. The summed E-state index contributed by atoms with van der Waals surface area (Å²) in [7, 11) is -0.243. The van der Waals surface area contributed by atoms with Crippen LogP contribution >= 0.6 is 0 Å². The van der Waals surface area contributed by atoms with E-state index >= 15 is 0 Å². The second-order valence-corrected chi connectivity index (χ2v) is 14.5. The minimum Gasteiger partial charge on any atom is -0.410 e. The number of ketones is 1. The predicted octanol–water partition coefficient (Wildman–Crippen LogP) is 7.26. The van der Waals surface area contributed by atoms with E-state index in [1.807, 2.05) is 12.2 Å². The number of carbonyl (C=O) groups is 1. The first-order valence-electron chi connectivity index (χ1n) is 11.0. The molecule has 0 unspecified atom stereocenters. The van der Waals surface area contributed by atoms with Crippen LogP contribution in [0.4, 0.5) is 0 Å². The first-order chi connectivity index (χ1) is 13.4. The van der Waals surface area contributed by atoms with Crippen LogP contribution in [0, 0.1) is 5.92 Å². The molecule has 0 N–H and O–H groups in total. The van der Waals surface area contributed by atoms with Crippen molar-refractivity contribution in [2.75, 3.05) is 7.11 Å². The minimum absolute atomic E-state index is 0.0806. The Morgan fingerprint density at radius 3 is 2.21 bits per heavy atom. The molecule has 0 saturated carbocycles. The Morgan fingerprint density at radius 1 is 1.10 bits per heavy atom. The smallest absolute Gasteiger partial charge is 0.192 e. The molecule has 0 rings (SSSR count). The largest absolute Gasteiger partial charge is 0.410 e. The highest BCUT2D eigenvalue weighted by molar-refractivity contribution is 6.74. The number of unbranched alkanes of at least 4 members (excludes halogenated alkanes) is 2. The fraction of sp³-hybridized carbons (Fsp3) is 0.720. The lowest BCUT2D eigenvalue weighted by Crippen LogP contribution is -2.49. The van der Waals surface area contributed by atoms with E-state index in [1.54, 1.807) is 7.11 Å². The predicted molar refractivity (Wildman–Crippen MR) is 129 cm³/mol. The van der Waals surface area contributed by atoms with Gasteiger partial charge in [0.05, 0.1) is 6.10 Å². The number of ether oxygens (including phenoxy) is 1. The summed E-state index contributed by atoms with van der Waals surface area (Å²) < 4.78 is 12.4. The second-order valence-electron chi connectivity index (χ2n) is 9.72. The third-order valence-corrected chi connectivity index (χ3v) is 10.5. The standard InChI is InChI=1S/C25H46O3Si/c1-11-13-14-15-16-22(26)18-17-20(3)19-21(4)24(23(12-2)27-8)28-29(9,10)25(5,6)7/h11-12,19,21,23-24H,1-2,13-18H2,3-10H3/b20-19+/t21-,23+,24+/m1/s1. The number of rotatable bonds is 15. The van der Waals surface area contributed by atoms with Crippen molar-refractivity contribution in [1.82, 2.24) is 0 Å². The van der Waals surface area contributed by atoms with Crippen LogP contribution in [0.1, 0.15) is 73.1 Å². The van der Waals surface area contributed by atoms with Gasteiger partial charge in [0.1, 0.15) is 11.9 Å². The van der Waals surface area contributed by atoms with Crippen LogP contribution in [-0.2, 0) is 14.0 Å². The first kappa shape index (κ1) is 28.0. The van der Waals surface area contributed by atoms with Gasteiger partial charge in [0.15, 0.2) is 8.32 Å². The number of hydrogen-bond donors (Lipinski definition) is 0. The summed E-state index contributed by atoms with van der Waals surface area (Å²) in [5, 5.41) is 0.126. The SMILES string of the molecule is C=CCCCCC(=O)CC/C(C)=C/[C@@H](C)[C@H](O[Si](C)(C)C(C)(C)C)[C@H](C=C)OC. The zero-order valence-electron chi connectivity index (χ0n) is 20.3. The van der Waals surface area contributed by atoms with Gasteiger partial charge in [0.25, 0.3) is 0 Å². The lowest BCUT2D eigenvalue weighted by atomic mass is 9.95. The van der Waals surface area contributed by atoms with Gasteiger partial charge in [-0.1, -0.05) is 51.5 Å². The van der Waals surface area contributed by atoms with Crippen molar-refractivity contribution in [2.24, 2.45) is 5.92 Å². The van der Waals surface area contributed by atoms with E-state index in [1.165, 1.54) is 5.57 Å². The lowest BCUT2D eigenvalue weighted by Gasteiger charge is -2.42. The molecule has 0 radical (unpaired) electrons. The van der Waals surface area contributed by atoms with Crippen molar-refractivity contribution < 1.29 is 14.0 Å². The maximum Gasteiger partial charge on any atom is 0.192 e. The van der Waals surface area contributed by atoms with Crippen LogP contribution in [0.25, 0.3) is 0 Å². The molecule has 0 amide bonds. The summed E-state index contributed by atoms with van der Waals surface area (Å²) in [5.41, 5.74) is 1.24. The fourth-order valence-corrected chi connectivity index (χ4v) is 4.44. The molecule has 0 aliphatic heterocycles. The van der Waals surface area contributed by atoms with Gasteiger partial charge in [-0.15, -0.1) is 13.2 Å². The molecule has 4 heteroatoms. The number of methoxy groups -OCH3 is 1. The van der Waals surface area contributed by atoms with Gasteiger partial charge in [-0.2, -0.15) is 0 Å². The highest BCUT2D eigenvalue weighted by atomic mass is 28.4. The van der Waals surface area contributed by atoms with Gasteiger partial charge >= 0.3 is 0 Å². The highest BCUT2D eigenvalue weighted by Crippen LogP contribution is 2.39. The number of carbonyl (C=O) groups excluding carboxylic acids is 1. The molecule has 168 valence electrons. The maximum atomic E-state index is 12.1. The van der Waals surface area contributed by atoms with Gasteiger partial charge in [-0.25, -0.2) is 0 Å². The third kappa shape index (κ3) is 10.6. The monoisotopic (exact) mass is 422 g/mol. The maximum absolute atomic E-state index is 12.1. The summed E-state index contributed by atoms with van der Waals surface area (Å²) in [4.78, 5) is 12.1. The van der Waals surface area contributed by atoms with Crippen LogP contribution in [0.2, 0.25) is 18.1 Å². The average Bonchev–Trinajstić information content (AvgIpc) is 2.62. The Labute approximate surface area is 181 Å². The van der Waals surface area contributed by atoms with E-state index in [0.717, 1.165) is 25.7 Å². The fourth-order valence-electron chi connectivity index (χ4n) is 3.05. The molecule has 0 bridgehead atoms. The summed E-state index contributed by atoms with van der Waals surface area (Å²) in [6.07, 6.45) is 10.9. The van der Waals surface area contributed by atoms with Crippen molar-refractivity contribution in [3.05, 3.63) is 37.0 Å². The zero-order valence-corrected chi connectivity index (χ0v) is 21.3. The molecular weight excluding hydrogens is 376 g/mol. The average molecular weight is 423 g/mol. The molecule has 0 aliphatic rings. The minimum atomic E-state index is -1.95. The van der Waals surface area contributed by atoms with E-state index in [4.69, 9.17) is 9.16 Å². The molecule has 3 nitrogen and oxygen atoms in total. The van der Waals surface area contributed by atoms with E-state index in [-0.39, 0.29) is 23.2 Å². The zero-order chi connectivity index (χ0) is 22.7. The van der Waals surface area contributed by atoms with Gasteiger partial charge in [-0.05, 0) is 50.7 Å². The number of hydrogen-bond acceptors (Lipinski definition) is 3. The van der Waals surface area contributed by atoms with Crippen molar-refractivity contribution in [1.29, 1.82) is 0 Å². The van der Waals surface area contributed by atoms with Crippen molar-refractivity contribution in [2.45, 2.75) is 103 Å². The van der Waals surface area contributed by atoms with Gasteiger partial charge in [0, 0.05) is 25.9 Å². The molecule has 29 heavy (non-hydrogen) atoms. The number of allylic oxidation sites excluding steroid dienone is 2. The third-order valence-electron chi connectivity index (χ3n) is 6.04. The molecule has 3 atom stereocenters. The summed E-state index contributed by atoms with van der Waals surface area (Å²) in [6.45, 7) is 23.2. The van der Waals surface area contributed by atoms with Crippen LogP contribution in [0.15, 0.2) is 37.0 Å². The molecule has 0 saturated heterocycles. The molecule has 0 fully saturated rings.